The molecule has 1 aliphatic heterocycles. The first-order valence-electron chi connectivity index (χ1n) is 7.43. The molecular weight excluding hydrogens is 290 g/mol. The molecule has 1 unspecified atom stereocenters. The maximum Gasteiger partial charge on any atom is 0.279 e. The molecule has 3 N–H and O–H groups in total. The van der Waals surface area contributed by atoms with Crippen molar-refractivity contribution in [2.24, 2.45) is 5.92 Å². The normalized spacial score (nSPS) is 21.0. The first-order chi connectivity index (χ1) is 9.97. The summed E-state index contributed by atoms with van der Waals surface area (Å²) >= 11 is 0. The molecule has 0 amide bonds. The molecule has 2 heterocycles. The van der Waals surface area contributed by atoms with Gasteiger partial charge in [-0.1, -0.05) is 13.8 Å². The molecule has 2 rings (SSSR count). The Morgan fingerprint density at radius 2 is 2.33 bits per heavy atom. The fourth-order valence-electron chi connectivity index (χ4n) is 2.45. The summed E-state index contributed by atoms with van der Waals surface area (Å²) in [5.74, 6) is 0.381. The van der Waals surface area contributed by atoms with Gasteiger partial charge >= 0.3 is 0 Å². The van der Waals surface area contributed by atoms with E-state index in [2.05, 4.69) is 34.1 Å². The molecular formula is C13H25N5O2S. The largest absolute Gasteiger partial charge is 0.314 e. The molecule has 21 heavy (non-hydrogen) atoms. The maximum atomic E-state index is 12.3. The summed E-state index contributed by atoms with van der Waals surface area (Å²) in [6.45, 7) is 6.52. The van der Waals surface area contributed by atoms with E-state index >= 15 is 0 Å². The molecule has 0 bridgehead atoms. The molecule has 1 aromatic rings. The maximum absolute atomic E-state index is 12.3. The van der Waals surface area contributed by atoms with Gasteiger partial charge in [0.25, 0.3) is 10.2 Å². The first kappa shape index (κ1) is 16.4. The van der Waals surface area contributed by atoms with Crippen molar-refractivity contribution >= 4 is 10.2 Å². The minimum Gasteiger partial charge on any atom is -0.314 e. The highest BCUT2D eigenvalue weighted by Gasteiger charge is 2.28. The van der Waals surface area contributed by atoms with Crippen LogP contribution in [-0.2, 0) is 16.8 Å². The van der Waals surface area contributed by atoms with Crippen LogP contribution in [0.4, 0.5) is 0 Å². The van der Waals surface area contributed by atoms with Gasteiger partial charge in [0.15, 0.2) is 0 Å². The predicted molar refractivity (Wildman–Crippen MR) is 81.8 cm³/mol. The van der Waals surface area contributed by atoms with E-state index in [1.54, 1.807) is 16.7 Å². The van der Waals surface area contributed by atoms with Crippen LogP contribution in [-0.4, -0.2) is 48.6 Å². The third kappa shape index (κ3) is 5.06. The average molecular weight is 315 g/mol. The van der Waals surface area contributed by atoms with Crippen molar-refractivity contribution in [2.45, 2.75) is 39.3 Å². The number of H-pyrrole nitrogens is 1. The summed E-state index contributed by atoms with van der Waals surface area (Å²) in [6.07, 6.45) is 5.30. The fourth-order valence-corrected chi connectivity index (χ4v) is 3.76. The van der Waals surface area contributed by atoms with Crippen LogP contribution >= 0.6 is 0 Å². The van der Waals surface area contributed by atoms with Gasteiger partial charge in [0.05, 0.1) is 6.20 Å². The van der Waals surface area contributed by atoms with Gasteiger partial charge in [0, 0.05) is 37.4 Å². The number of hydrogen-bond donors (Lipinski definition) is 3. The molecule has 1 fully saturated rings. The summed E-state index contributed by atoms with van der Waals surface area (Å²) in [4.78, 5) is 0. The van der Waals surface area contributed by atoms with Crippen LogP contribution in [0.25, 0.3) is 0 Å². The fraction of sp³-hybridized carbons (Fsp3) is 0.769. The van der Waals surface area contributed by atoms with Crippen LogP contribution in [0.1, 0.15) is 32.3 Å². The summed E-state index contributed by atoms with van der Waals surface area (Å²) < 4.78 is 28.8. The Morgan fingerprint density at radius 3 is 3.00 bits per heavy atom. The molecule has 0 saturated carbocycles. The van der Waals surface area contributed by atoms with Gasteiger partial charge in [0.1, 0.15) is 0 Å². The van der Waals surface area contributed by atoms with Crippen molar-refractivity contribution < 1.29 is 8.42 Å². The molecule has 8 heteroatoms. The quantitative estimate of drug-likeness (QED) is 0.681. The topological polar surface area (TPSA) is 90.1 Å². The lowest BCUT2D eigenvalue weighted by Gasteiger charge is -2.32. The van der Waals surface area contributed by atoms with Crippen LogP contribution in [0.2, 0.25) is 0 Å². The molecule has 1 aliphatic rings. The van der Waals surface area contributed by atoms with Crippen LogP contribution < -0.4 is 10.0 Å². The summed E-state index contributed by atoms with van der Waals surface area (Å²) in [6, 6.07) is 0.427. The zero-order valence-corrected chi connectivity index (χ0v) is 13.5. The van der Waals surface area contributed by atoms with Crippen molar-refractivity contribution in [1.82, 2.24) is 24.5 Å². The molecule has 120 valence electrons. The van der Waals surface area contributed by atoms with Crippen LogP contribution in [0.5, 0.6) is 0 Å². The van der Waals surface area contributed by atoms with E-state index in [1.165, 1.54) is 0 Å². The van der Waals surface area contributed by atoms with Crippen LogP contribution in [0.3, 0.4) is 0 Å². The van der Waals surface area contributed by atoms with E-state index in [4.69, 9.17) is 0 Å². The van der Waals surface area contributed by atoms with Gasteiger partial charge in [-0.25, -0.2) is 0 Å². The zero-order valence-electron chi connectivity index (χ0n) is 12.7. The molecule has 0 aromatic carbocycles. The molecule has 0 radical (unpaired) electrons. The lowest BCUT2D eigenvalue weighted by atomic mass is 9.99. The van der Waals surface area contributed by atoms with Gasteiger partial charge in [-0.15, -0.1) is 0 Å². The number of hydrogen-bond acceptors (Lipinski definition) is 4. The van der Waals surface area contributed by atoms with Crippen molar-refractivity contribution in [3.8, 4) is 0 Å². The minimum atomic E-state index is -3.42. The highest BCUT2D eigenvalue weighted by Crippen LogP contribution is 2.18. The number of aromatic nitrogens is 2. The lowest BCUT2D eigenvalue weighted by Crippen LogP contribution is -2.47. The van der Waals surface area contributed by atoms with Crippen molar-refractivity contribution in [1.29, 1.82) is 0 Å². The van der Waals surface area contributed by atoms with Gasteiger partial charge in [-0.05, 0) is 25.3 Å². The van der Waals surface area contributed by atoms with E-state index in [1.807, 2.05) is 0 Å². The van der Waals surface area contributed by atoms with Gasteiger partial charge in [-0.3, -0.25) is 5.10 Å². The summed E-state index contributed by atoms with van der Waals surface area (Å²) in [5.41, 5.74) is 0.827. The smallest absolute Gasteiger partial charge is 0.279 e. The Hall–Kier alpha value is -0.960. The molecule has 0 spiro atoms. The number of nitrogens with zero attached hydrogens (tertiary/aromatic N) is 2. The minimum absolute atomic E-state index is 0.268. The Labute approximate surface area is 126 Å². The van der Waals surface area contributed by atoms with E-state index < -0.39 is 10.2 Å². The summed E-state index contributed by atoms with van der Waals surface area (Å²) in [5, 5.41) is 9.87. The van der Waals surface area contributed by atoms with E-state index in [9.17, 15) is 8.42 Å². The van der Waals surface area contributed by atoms with Gasteiger partial charge in [0.2, 0.25) is 0 Å². The summed E-state index contributed by atoms with van der Waals surface area (Å²) in [7, 11) is -3.42. The standard InChI is InChI=1S/C13H25N5O2S/c1-11(2)14-6-12-4-3-5-18(10-12)21(19,20)17-9-13-7-15-16-8-13/h7-8,11-12,14,17H,3-6,9-10H2,1-2H3,(H,15,16). The van der Waals surface area contributed by atoms with Crippen molar-refractivity contribution in [3.05, 3.63) is 18.0 Å². The number of nitrogens with one attached hydrogen (secondary N) is 3. The number of aromatic amines is 1. The zero-order chi connectivity index (χ0) is 15.3. The Balaban J connectivity index is 1.86. The van der Waals surface area contributed by atoms with Crippen molar-refractivity contribution in [3.63, 3.8) is 0 Å². The van der Waals surface area contributed by atoms with Gasteiger partial charge < -0.3 is 5.32 Å². The third-order valence-electron chi connectivity index (χ3n) is 3.65. The lowest BCUT2D eigenvalue weighted by molar-refractivity contribution is 0.254. The molecule has 0 aliphatic carbocycles. The molecule has 1 aromatic heterocycles. The first-order valence-corrected chi connectivity index (χ1v) is 8.87. The monoisotopic (exact) mass is 315 g/mol. The SMILES string of the molecule is CC(C)NCC1CCCN(S(=O)(=O)NCc2cn[nH]c2)C1. The van der Waals surface area contributed by atoms with E-state index in [0.29, 0.717) is 25.0 Å². The second-order valence-corrected chi connectivity index (χ2v) is 7.62. The highest BCUT2D eigenvalue weighted by molar-refractivity contribution is 7.87. The Kier molecular flexibility index (Phi) is 5.74. The molecule has 1 atom stereocenters. The number of piperidine rings is 1. The Bertz CT molecular complexity index is 515. The van der Waals surface area contributed by atoms with E-state index in [0.717, 1.165) is 24.9 Å². The Morgan fingerprint density at radius 1 is 1.52 bits per heavy atom. The number of rotatable bonds is 7. The van der Waals surface area contributed by atoms with Gasteiger partial charge in [-0.2, -0.15) is 22.5 Å². The predicted octanol–water partition coefficient (Wildman–Crippen LogP) is 0.454. The highest BCUT2D eigenvalue weighted by atomic mass is 32.2. The van der Waals surface area contributed by atoms with Crippen molar-refractivity contribution in [2.75, 3.05) is 19.6 Å². The van der Waals surface area contributed by atoms with Crippen LogP contribution in [0.15, 0.2) is 12.4 Å². The average Bonchev–Trinajstić information content (AvgIpc) is 2.97. The van der Waals surface area contributed by atoms with E-state index in [-0.39, 0.29) is 6.54 Å². The molecule has 1 saturated heterocycles. The van der Waals surface area contributed by atoms with Crippen LogP contribution in [0, 0.1) is 5.92 Å². The second kappa shape index (κ2) is 7.35. The second-order valence-electron chi connectivity index (χ2n) is 5.86. The molecule has 7 nitrogen and oxygen atoms in total. The third-order valence-corrected chi connectivity index (χ3v) is 5.17.